The summed E-state index contributed by atoms with van der Waals surface area (Å²) in [7, 11) is 1.45. The number of thiocarbonyl (C=S) groups is 1. The number of rotatable bonds is 8. The van der Waals surface area contributed by atoms with Crippen molar-refractivity contribution in [3.63, 3.8) is 0 Å². The summed E-state index contributed by atoms with van der Waals surface area (Å²) in [6, 6.07) is 8.65. The first-order chi connectivity index (χ1) is 13.9. The van der Waals surface area contributed by atoms with Gasteiger partial charge in [0.25, 0.3) is 5.91 Å². The van der Waals surface area contributed by atoms with Crippen molar-refractivity contribution in [1.82, 2.24) is 10.7 Å². The lowest BCUT2D eigenvalue weighted by Crippen LogP contribution is -2.31. The summed E-state index contributed by atoms with van der Waals surface area (Å²) in [4.78, 5) is 12.0. The van der Waals surface area contributed by atoms with E-state index in [9.17, 15) is 9.18 Å². The highest BCUT2D eigenvalue weighted by Gasteiger charge is 2.14. The summed E-state index contributed by atoms with van der Waals surface area (Å²) >= 11 is 11.3. The molecule has 0 aliphatic carbocycles. The van der Waals surface area contributed by atoms with Crippen molar-refractivity contribution in [3.8, 4) is 11.5 Å². The van der Waals surface area contributed by atoms with Crippen molar-refractivity contribution in [2.45, 2.75) is 6.92 Å². The predicted octanol–water partition coefficient (Wildman–Crippen LogP) is 3.32. The Kier molecular flexibility index (Phi) is 8.63. The number of amides is 1. The van der Waals surface area contributed by atoms with E-state index < -0.39 is 11.7 Å². The highest BCUT2D eigenvalue weighted by atomic mass is 35.5. The van der Waals surface area contributed by atoms with Gasteiger partial charge in [0.15, 0.2) is 23.2 Å². The number of nitrogens with one attached hydrogen (secondary N) is 3. The molecule has 2 rings (SSSR count). The van der Waals surface area contributed by atoms with E-state index in [-0.39, 0.29) is 17.4 Å². The van der Waals surface area contributed by atoms with Crippen molar-refractivity contribution < 1.29 is 18.7 Å². The molecular formula is C19H20ClFN4O3S. The molecule has 0 fully saturated rings. The molecule has 0 atom stereocenters. The van der Waals surface area contributed by atoms with Crippen molar-refractivity contribution in [1.29, 1.82) is 0 Å². The third kappa shape index (κ3) is 7.20. The number of nitrogens with zero attached hydrogens (tertiary/aromatic N) is 1. The highest BCUT2D eigenvalue weighted by molar-refractivity contribution is 7.80. The van der Waals surface area contributed by atoms with E-state index >= 15 is 0 Å². The Labute approximate surface area is 178 Å². The zero-order chi connectivity index (χ0) is 21.2. The lowest BCUT2D eigenvalue weighted by atomic mass is 10.2. The van der Waals surface area contributed by atoms with Crippen LogP contribution in [0.4, 0.5) is 10.1 Å². The van der Waals surface area contributed by atoms with Gasteiger partial charge in [0.1, 0.15) is 5.82 Å². The average Bonchev–Trinajstić information content (AvgIpc) is 2.68. The lowest BCUT2D eigenvalue weighted by Gasteiger charge is -2.13. The Hall–Kier alpha value is -2.91. The fraction of sp³-hybridized carbons (Fsp3) is 0.211. The molecule has 0 radical (unpaired) electrons. The van der Waals surface area contributed by atoms with Gasteiger partial charge in [-0.15, -0.1) is 0 Å². The van der Waals surface area contributed by atoms with Crippen LogP contribution in [0.1, 0.15) is 12.5 Å². The maximum absolute atomic E-state index is 12.9. The largest absolute Gasteiger partial charge is 0.493 e. The molecule has 1 amide bonds. The normalized spacial score (nSPS) is 10.5. The average molecular weight is 439 g/mol. The SMILES string of the molecule is CCNC(=S)N/N=C\c1cc(Cl)c(OCC(=O)Nc2ccc(F)cc2)c(OC)c1. The number of methoxy groups -OCH3 is 1. The van der Waals surface area contributed by atoms with Crippen LogP contribution < -0.4 is 25.5 Å². The Bertz CT molecular complexity index is 894. The number of anilines is 1. The monoisotopic (exact) mass is 438 g/mol. The van der Waals surface area contributed by atoms with Gasteiger partial charge >= 0.3 is 0 Å². The molecule has 0 saturated heterocycles. The smallest absolute Gasteiger partial charge is 0.262 e. The van der Waals surface area contributed by atoms with E-state index in [1.807, 2.05) is 6.92 Å². The maximum atomic E-state index is 12.9. The molecule has 29 heavy (non-hydrogen) atoms. The van der Waals surface area contributed by atoms with Gasteiger partial charge in [-0.3, -0.25) is 10.2 Å². The first-order valence-corrected chi connectivity index (χ1v) is 9.34. The summed E-state index contributed by atoms with van der Waals surface area (Å²) in [6.45, 7) is 2.29. The first kappa shape index (κ1) is 22.4. The number of carbonyl (C=O) groups is 1. The second-order valence-electron chi connectivity index (χ2n) is 5.61. The molecule has 0 saturated carbocycles. The molecule has 0 aliphatic rings. The molecule has 0 spiro atoms. The Morgan fingerprint density at radius 2 is 2.03 bits per heavy atom. The minimum atomic E-state index is -0.429. The molecule has 0 aliphatic heterocycles. The standard InChI is InChI=1S/C19H20ClFN4O3S/c1-3-22-19(29)25-23-10-12-8-15(20)18(16(9-12)27-2)28-11-17(26)24-14-6-4-13(21)5-7-14/h4-10H,3,11H2,1-2H3,(H,24,26)(H2,22,25,29)/b23-10-. The van der Waals surface area contributed by atoms with Crippen LogP contribution in [0.15, 0.2) is 41.5 Å². The Morgan fingerprint density at radius 1 is 1.31 bits per heavy atom. The van der Waals surface area contributed by atoms with E-state index in [1.54, 1.807) is 12.1 Å². The molecule has 2 aromatic carbocycles. The Balaban J connectivity index is 2.01. The van der Waals surface area contributed by atoms with E-state index in [1.165, 1.54) is 37.6 Å². The third-order valence-corrected chi connectivity index (χ3v) is 3.96. The van der Waals surface area contributed by atoms with E-state index in [0.29, 0.717) is 28.7 Å². The Morgan fingerprint density at radius 3 is 2.69 bits per heavy atom. The number of hydrazone groups is 1. The summed E-state index contributed by atoms with van der Waals surface area (Å²) in [5.41, 5.74) is 3.76. The second kappa shape index (κ2) is 11.2. The van der Waals surface area contributed by atoms with Gasteiger partial charge in [0.05, 0.1) is 18.3 Å². The maximum Gasteiger partial charge on any atom is 0.262 e. The molecular weight excluding hydrogens is 419 g/mol. The first-order valence-electron chi connectivity index (χ1n) is 8.55. The number of halogens is 2. The summed E-state index contributed by atoms with van der Waals surface area (Å²) in [5.74, 6) is -0.265. The van der Waals surface area contributed by atoms with Crippen LogP contribution in [0.5, 0.6) is 11.5 Å². The molecule has 0 heterocycles. The van der Waals surface area contributed by atoms with Crippen LogP contribution in [0.2, 0.25) is 5.02 Å². The minimum absolute atomic E-state index is 0.219. The molecule has 7 nitrogen and oxygen atoms in total. The zero-order valence-electron chi connectivity index (χ0n) is 15.8. The molecule has 154 valence electrons. The fourth-order valence-electron chi connectivity index (χ4n) is 2.19. The summed E-state index contributed by atoms with van der Waals surface area (Å²) in [6.07, 6.45) is 1.52. The van der Waals surface area contributed by atoms with Crippen molar-refractivity contribution in [3.05, 3.63) is 52.8 Å². The number of ether oxygens (including phenoxy) is 2. The van der Waals surface area contributed by atoms with Crippen molar-refractivity contribution >= 4 is 46.7 Å². The molecule has 0 aromatic heterocycles. The van der Waals surface area contributed by atoms with E-state index in [0.717, 1.165) is 0 Å². The van der Waals surface area contributed by atoms with Crippen LogP contribution in [-0.4, -0.2) is 37.5 Å². The van der Waals surface area contributed by atoms with Crippen molar-refractivity contribution in [2.24, 2.45) is 5.10 Å². The fourth-order valence-corrected chi connectivity index (χ4v) is 2.66. The number of hydrogen-bond donors (Lipinski definition) is 3. The number of carbonyl (C=O) groups excluding carboxylic acids is 1. The van der Waals surface area contributed by atoms with Gasteiger partial charge in [-0.2, -0.15) is 5.10 Å². The molecule has 0 unspecified atom stereocenters. The molecule has 0 bridgehead atoms. The highest BCUT2D eigenvalue weighted by Crippen LogP contribution is 2.36. The van der Waals surface area contributed by atoms with Gasteiger partial charge in [0.2, 0.25) is 0 Å². The van der Waals surface area contributed by atoms with Gasteiger partial charge in [-0.25, -0.2) is 4.39 Å². The van der Waals surface area contributed by atoms with Crippen molar-refractivity contribution in [2.75, 3.05) is 25.6 Å². The number of hydrogen-bond acceptors (Lipinski definition) is 5. The topological polar surface area (TPSA) is 84.0 Å². The minimum Gasteiger partial charge on any atom is -0.493 e. The van der Waals surface area contributed by atoms with E-state index in [4.69, 9.17) is 33.3 Å². The van der Waals surface area contributed by atoms with Crippen LogP contribution in [0.3, 0.4) is 0 Å². The molecule has 2 aromatic rings. The molecule has 10 heteroatoms. The second-order valence-corrected chi connectivity index (χ2v) is 6.42. The van der Waals surface area contributed by atoms with Crippen LogP contribution in [0, 0.1) is 5.82 Å². The third-order valence-electron chi connectivity index (χ3n) is 3.44. The van der Waals surface area contributed by atoms with Gasteiger partial charge in [-0.1, -0.05) is 11.6 Å². The lowest BCUT2D eigenvalue weighted by molar-refractivity contribution is -0.118. The summed E-state index contributed by atoms with van der Waals surface area (Å²) in [5, 5.41) is 10.1. The van der Waals surface area contributed by atoms with Gasteiger partial charge in [-0.05, 0) is 61.1 Å². The summed E-state index contributed by atoms with van der Waals surface area (Å²) < 4.78 is 23.7. The van der Waals surface area contributed by atoms with E-state index in [2.05, 4.69) is 21.2 Å². The zero-order valence-corrected chi connectivity index (χ0v) is 17.4. The van der Waals surface area contributed by atoms with Gasteiger partial charge < -0.3 is 20.1 Å². The van der Waals surface area contributed by atoms with Crippen LogP contribution >= 0.6 is 23.8 Å². The van der Waals surface area contributed by atoms with Crippen LogP contribution in [-0.2, 0) is 4.79 Å². The quantitative estimate of drug-likeness (QED) is 0.333. The number of benzene rings is 2. The van der Waals surface area contributed by atoms with Crippen LogP contribution in [0.25, 0.3) is 0 Å². The van der Waals surface area contributed by atoms with Gasteiger partial charge in [0, 0.05) is 12.2 Å². The molecule has 3 N–H and O–H groups in total. The predicted molar refractivity (Wildman–Crippen MR) is 116 cm³/mol.